The van der Waals surface area contributed by atoms with E-state index in [1.807, 2.05) is 27.7 Å². The lowest BCUT2D eigenvalue weighted by atomic mass is 9.91. The minimum Gasteiger partial charge on any atom is -0.465 e. The Labute approximate surface area is 103 Å². The maximum Gasteiger partial charge on any atom is 0.309 e. The third-order valence-electron chi connectivity index (χ3n) is 3.01. The van der Waals surface area contributed by atoms with Crippen LogP contribution in [0.25, 0.3) is 0 Å². The van der Waals surface area contributed by atoms with Crippen LogP contribution in [0.5, 0.6) is 0 Å². The van der Waals surface area contributed by atoms with E-state index in [0.29, 0.717) is 13.0 Å². The minimum absolute atomic E-state index is 0.0105. The topological polar surface area (TPSA) is 55.4 Å². The standard InChI is InChI=1S/C13H23NO3/c1-8(2)12(15)11(14-9(3)4)7-10-5-6-17-13(10)16/h8-11,14H,5-7H2,1-4H3. The zero-order valence-electron chi connectivity index (χ0n) is 11.2. The van der Waals surface area contributed by atoms with Crippen LogP contribution in [-0.2, 0) is 14.3 Å². The van der Waals surface area contributed by atoms with Gasteiger partial charge in [0.2, 0.25) is 0 Å². The molecule has 17 heavy (non-hydrogen) atoms. The van der Waals surface area contributed by atoms with E-state index >= 15 is 0 Å². The van der Waals surface area contributed by atoms with Crippen LogP contribution < -0.4 is 5.32 Å². The van der Waals surface area contributed by atoms with E-state index < -0.39 is 0 Å². The van der Waals surface area contributed by atoms with E-state index in [1.165, 1.54) is 0 Å². The summed E-state index contributed by atoms with van der Waals surface area (Å²) in [7, 11) is 0. The van der Waals surface area contributed by atoms with Crippen LogP contribution in [0.15, 0.2) is 0 Å². The van der Waals surface area contributed by atoms with Gasteiger partial charge in [-0.1, -0.05) is 27.7 Å². The largest absolute Gasteiger partial charge is 0.465 e. The number of ketones is 1. The SMILES string of the molecule is CC(C)NC(CC1CCOC1=O)C(=O)C(C)C. The summed E-state index contributed by atoms with van der Waals surface area (Å²) in [5, 5.41) is 3.25. The Morgan fingerprint density at radius 3 is 2.47 bits per heavy atom. The van der Waals surface area contributed by atoms with E-state index in [1.54, 1.807) is 0 Å². The number of carbonyl (C=O) groups excluding carboxylic acids is 2. The quantitative estimate of drug-likeness (QED) is 0.717. The van der Waals surface area contributed by atoms with Crippen LogP contribution in [0.2, 0.25) is 0 Å². The summed E-state index contributed by atoms with van der Waals surface area (Å²) in [6.45, 7) is 8.30. The number of hydrogen-bond acceptors (Lipinski definition) is 4. The van der Waals surface area contributed by atoms with Crippen LogP contribution in [0, 0.1) is 11.8 Å². The lowest BCUT2D eigenvalue weighted by Gasteiger charge is -2.23. The molecule has 1 fully saturated rings. The molecule has 1 aliphatic heterocycles. The maximum absolute atomic E-state index is 12.1. The van der Waals surface area contributed by atoms with Crippen molar-refractivity contribution in [2.75, 3.05) is 6.61 Å². The summed E-state index contributed by atoms with van der Waals surface area (Å²) in [6, 6.07) is 0.00535. The summed E-state index contributed by atoms with van der Waals surface area (Å²) < 4.78 is 4.93. The van der Waals surface area contributed by atoms with Gasteiger partial charge >= 0.3 is 5.97 Å². The molecule has 0 aromatic carbocycles. The van der Waals surface area contributed by atoms with Crippen LogP contribution in [0.1, 0.15) is 40.5 Å². The maximum atomic E-state index is 12.1. The molecule has 0 spiro atoms. The van der Waals surface area contributed by atoms with Crippen molar-refractivity contribution in [2.24, 2.45) is 11.8 Å². The number of cyclic esters (lactones) is 1. The summed E-state index contributed by atoms with van der Waals surface area (Å²) in [6.07, 6.45) is 1.30. The molecule has 0 aromatic rings. The fourth-order valence-corrected chi connectivity index (χ4v) is 2.11. The first-order valence-electron chi connectivity index (χ1n) is 6.38. The molecule has 1 saturated heterocycles. The van der Waals surface area contributed by atoms with Gasteiger partial charge in [0.15, 0.2) is 5.78 Å². The monoisotopic (exact) mass is 241 g/mol. The van der Waals surface area contributed by atoms with Crippen molar-refractivity contribution in [1.82, 2.24) is 5.32 Å². The highest BCUT2D eigenvalue weighted by Crippen LogP contribution is 2.21. The number of carbonyl (C=O) groups is 2. The first kappa shape index (κ1) is 14.2. The second kappa shape index (κ2) is 6.15. The van der Waals surface area contributed by atoms with Gasteiger partial charge in [-0.3, -0.25) is 9.59 Å². The number of ether oxygens (including phenoxy) is 1. The van der Waals surface area contributed by atoms with Crippen molar-refractivity contribution in [2.45, 2.75) is 52.6 Å². The van der Waals surface area contributed by atoms with Crippen molar-refractivity contribution in [3.63, 3.8) is 0 Å². The molecular weight excluding hydrogens is 218 g/mol. The molecule has 1 rings (SSSR count). The average molecular weight is 241 g/mol. The lowest BCUT2D eigenvalue weighted by Crippen LogP contribution is -2.44. The van der Waals surface area contributed by atoms with Crippen LogP contribution in [0.4, 0.5) is 0 Å². The van der Waals surface area contributed by atoms with Gasteiger partial charge in [0, 0.05) is 12.0 Å². The fourth-order valence-electron chi connectivity index (χ4n) is 2.11. The van der Waals surface area contributed by atoms with Gasteiger partial charge in [-0.2, -0.15) is 0 Å². The normalized spacial score (nSPS) is 22.0. The molecule has 4 nitrogen and oxygen atoms in total. The van der Waals surface area contributed by atoms with Crippen molar-refractivity contribution < 1.29 is 14.3 Å². The molecule has 0 bridgehead atoms. The zero-order valence-corrected chi connectivity index (χ0v) is 11.2. The van der Waals surface area contributed by atoms with E-state index in [0.717, 1.165) is 6.42 Å². The van der Waals surface area contributed by atoms with Gasteiger partial charge in [-0.25, -0.2) is 0 Å². The highest BCUT2D eigenvalue weighted by molar-refractivity contribution is 5.86. The Morgan fingerprint density at radius 2 is 2.06 bits per heavy atom. The van der Waals surface area contributed by atoms with Crippen LogP contribution >= 0.6 is 0 Å². The van der Waals surface area contributed by atoms with Gasteiger partial charge in [0.05, 0.1) is 18.6 Å². The summed E-state index contributed by atoms with van der Waals surface area (Å²) in [5.74, 6) is -0.104. The second-order valence-corrected chi connectivity index (χ2v) is 5.32. The van der Waals surface area contributed by atoms with Crippen molar-refractivity contribution in [1.29, 1.82) is 0 Å². The highest BCUT2D eigenvalue weighted by atomic mass is 16.5. The predicted molar refractivity (Wildman–Crippen MR) is 65.6 cm³/mol. The predicted octanol–water partition coefficient (Wildman–Crippen LogP) is 1.53. The number of nitrogens with one attached hydrogen (secondary N) is 1. The smallest absolute Gasteiger partial charge is 0.309 e. The first-order valence-corrected chi connectivity index (χ1v) is 6.38. The molecule has 2 unspecified atom stereocenters. The van der Waals surface area contributed by atoms with E-state index in [4.69, 9.17) is 4.74 Å². The van der Waals surface area contributed by atoms with Gasteiger partial charge in [0.1, 0.15) is 0 Å². The van der Waals surface area contributed by atoms with E-state index in [2.05, 4.69) is 5.32 Å². The molecule has 4 heteroatoms. The number of hydrogen-bond donors (Lipinski definition) is 1. The van der Waals surface area contributed by atoms with Gasteiger partial charge in [0.25, 0.3) is 0 Å². The molecule has 98 valence electrons. The Kier molecular flexibility index (Phi) is 5.12. The molecule has 0 saturated carbocycles. The van der Waals surface area contributed by atoms with Crippen LogP contribution in [-0.4, -0.2) is 30.4 Å². The third-order valence-corrected chi connectivity index (χ3v) is 3.01. The number of Topliss-reactive ketones (excluding diaryl/α,β-unsaturated/α-hetero) is 1. The molecule has 0 amide bonds. The molecule has 1 heterocycles. The van der Waals surface area contributed by atoms with Crippen LogP contribution in [0.3, 0.4) is 0 Å². The average Bonchev–Trinajstić information content (AvgIpc) is 2.61. The minimum atomic E-state index is -0.231. The molecular formula is C13H23NO3. The molecule has 0 aliphatic carbocycles. The lowest BCUT2D eigenvalue weighted by molar-refractivity contribution is -0.141. The summed E-state index contributed by atoms with van der Waals surface area (Å²) in [4.78, 5) is 23.5. The Morgan fingerprint density at radius 1 is 1.41 bits per heavy atom. The third kappa shape index (κ3) is 4.11. The highest BCUT2D eigenvalue weighted by Gasteiger charge is 2.32. The van der Waals surface area contributed by atoms with Crippen molar-refractivity contribution in [3.8, 4) is 0 Å². The molecule has 2 atom stereocenters. The zero-order chi connectivity index (χ0) is 13.0. The van der Waals surface area contributed by atoms with Gasteiger partial charge in [-0.05, 0) is 12.8 Å². The Bertz CT molecular complexity index is 286. The molecule has 0 radical (unpaired) electrons. The Hall–Kier alpha value is -0.900. The van der Waals surface area contributed by atoms with E-state index in [-0.39, 0.29) is 35.7 Å². The molecule has 1 aliphatic rings. The number of esters is 1. The van der Waals surface area contributed by atoms with Gasteiger partial charge < -0.3 is 10.1 Å². The number of rotatable bonds is 6. The van der Waals surface area contributed by atoms with Gasteiger partial charge in [-0.15, -0.1) is 0 Å². The fraction of sp³-hybridized carbons (Fsp3) is 0.846. The second-order valence-electron chi connectivity index (χ2n) is 5.32. The van der Waals surface area contributed by atoms with Crippen molar-refractivity contribution >= 4 is 11.8 Å². The first-order chi connectivity index (χ1) is 7.91. The van der Waals surface area contributed by atoms with Crippen molar-refractivity contribution in [3.05, 3.63) is 0 Å². The Balaban J connectivity index is 2.62. The summed E-state index contributed by atoms with van der Waals surface area (Å²) in [5.41, 5.74) is 0. The molecule has 0 aromatic heterocycles. The summed E-state index contributed by atoms with van der Waals surface area (Å²) >= 11 is 0. The molecule has 1 N–H and O–H groups in total. The van der Waals surface area contributed by atoms with E-state index in [9.17, 15) is 9.59 Å².